The van der Waals surface area contributed by atoms with Gasteiger partial charge in [-0.05, 0) is 31.5 Å². The zero-order valence-corrected chi connectivity index (χ0v) is 12.4. The van der Waals surface area contributed by atoms with Crippen molar-refractivity contribution in [1.82, 2.24) is 24.7 Å². The number of hydrogen-bond acceptors (Lipinski definition) is 6. The van der Waals surface area contributed by atoms with Gasteiger partial charge in [0.05, 0.1) is 5.69 Å². The molecule has 1 aromatic carbocycles. The number of nitrogens with one attached hydrogen (secondary N) is 1. The van der Waals surface area contributed by atoms with Gasteiger partial charge >= 0.3 is 0 Å². The molecule has 0 aliphatic heterocycles. The second-order valence-electron chi connectivity index (χ2n) is 5.05. The summed E-state index contributed by atoms with van der Waals surface area (Å²) in [6, 6.07) is 10.1. The first kappa shape index (κ1) is 14.0. The molecule has 3 rings (SSSR count). The van der Waals surface area contributed by atoms with Crippen molar-refractivity contribution in [2.24, 2.45) is 0 Å². The van der Waals surface area contributed by atoms with Gasteiger partial charge in [-0.15, -0.1) is 0 Å². The molecule has 7 nitrogen and oxygen atoms in total. The molecule has 0 spiro atoms. The van der Waals surface area contributed by atoms with Crippen LogP contribution in [0.15, 0.2) is 43.0 Å². The van der Waals surface area contributed by atoms with E-state index in [1.54, 1.807) is 11.0 Å². The summed E-state index contributed by atoms with van der Waals surface area (Å²) in [7, 11) is 0. The third-order valence-corrected chi connectivity index (χ3v) is 3.31. The lowest BCUT2D eigenvalue weighted by Crippen LogP contribution is -2.10. The average Bonchev–Trinajstić information content (AvgIpc) is 3.00. The van der Waals surface area contributed by atoms with Gasteiger partial charge in [-0.2, -0.15) is 10.1 Å². The smallest absolute Gasteiger partial charge is 0.222 e. The highest BCUT2D eigenvalue weighted by atomic mass is 15.3. The van der Waals surface area contributed by atoms with Gasteiger partial charge in [0.25, 0.3) is 0 Å². The second-order valence-corrected chi connectivity index (χ2v) is 5.05. The Hall–Kier alpha value is -2.96. The highest BCUT2D eigenvalue weighted by molar-refractivity contribution is 5.43. The van der Waals surface area contributed by atoms with Crippen LogP contribution in [0.1, 0.15) is 24.2 Å². The molecule has 0 unspecified atom stereocenters. The third-order valence-electron chi connectivity index (χ3n) is 3.31. The van der Waals surface area contributed by atoms with Crippen LogP contribution >= 0.6 is 0 Å². The summed E-state index contributed by atoms with van der Waals surface area (Å²) < 4.78 is 1.72. The van der Waals surface area contributed by atoms with E-state index in [9.17, 15) is 0 Å². The highest BCUT2D eigenvalue weighted by Crippen LogP contribution is 2.20. The maximum atomic E-state index is 5.67. The predicted molar refractivity (Wildman–Crippen MR) is 84.6 cm³/mol. The van der Waals surface area contributed by atoms with E-state index in [-0.39, 0.29) is 12.0 Å². The topological polar surface area (TPSA) is 94.5 Å². The number of nitrogens with two attached hydrogens (primary N) is 1. The number of rotatable bonds is 4. The molecule has 7 heteroatoms. The van der Waals surface area contributed by atoms with Gasteiger partial charge in [0.15, 0.2) is 0 Å². The Labute approximate surface area is 128 Å². The third kappa shape index (κ3) is 3.03. The van der Waals surface area contributed by atoms with Crippen molar-refractivity contribution in [2.75, 3.05) is 11.1 Å². The monoisotopic (exact) mass is 295 g/mol. The number of aryl methyl sites for hydroxylation is 1. The molecule has 0 radical (unpaired) electrons. The molecule has 0 bridgehead atoms. The second kappa shape index (κ2) is 5.80. The zero-order chi connectivity index (χ0) is 15.5. The minimum atomic E-state index is 0.0958. The molecule has 2 heterocycles. The van der Waals surface area contributed by atoms with Crippen LogP contribution in [0.25, 0.3) is 5.69 Å². The number of benzene rings is 1. The van der Waals surface area contributed by atoms with Gasteiger partial charge < -0.3 is 11.1 Å². The highest BCUT2D eigenvalue weighted by Gasteiger charge is 2.08. The van der Waals surface area contributed by atoms with Crippen molar-refractivity contribution in [2.45, 2.75) is 19.9 Å². The van der Waals surface area contributed by atoms with Crippen LogP contribution in [-0.2, 0) is 0 Å². The van der Waals surface area contributed by atoms with Gasteiger partial charge in [0.2, 0.25) is 5.95 Å². The van der Waals surface area contributed by atoms with Crippen LogP contribution in [0.5, 0.6) is 0 Å². The fraction of sp³-hybridized carbons (Fsp3) is 0.200. The van der Waals surface area contributed by atoms with Crippen LogP contribution in [0, 0.1) is 6.92 Å². The lowest BCUT2D eigenvalue weighted by molar-refractivity contribution is 0.857. The first-order chi connectivity index (χ1) is 10.6. The molecule has 1 atom stereocenters. The number of nitrogen functional groups attached to an aromatic ring is 1. The Kier molecular flexibility index (Phi) is 3.69. The molecule has 2 aromatic heterocycles. The molecule has 22 heavy (non-hydrogen) atoms. The van der Waals surface area contributed by atoms with Crippen LogP contribution in [0.3, 0.4) is 0 Å². The number of anilines is 2. The minimum absolute atomic E-state index is 0.0958. The Morgan fingerprint density at radius 2 is 1.95 bits per heavy atom. The van der Waals surface area contributed by atoms with Crippen molar-refractivity contribution < 1.29 is 0 Å². The summed E-state index contributed by atoms with van der Waals surface area (Å²) in [5.41, 5.74) is 8.61. The first-order valence-corrected chi connectivity index (χ1v) is 6.94. The molecule has 0 aliphatic carbocycles. The van der Waals surface area contributed by atoms with E-state index >= 15 is 0 Å². The summed E-state index contributed by atoms with van der Waals surface area (Å²) in [6.07, 6.45) is 3.18. The molecule has 112 valence electrons. The van der Waals surface area contributed by atoms with E-state index in [4.69, 9.17) is 5.73 Å². The van der Waals surface area contributed by atoms with Crippen LogP contribution in [0.2, 0.25) is 0 Å². The Balaban J connectivity index is 1.76. The van der Waals surface area contributed by atoms with Gasteiger partial charge in [-0.3, -0.25) is 0 Å². The van der Waals surface area contributed by atoms with E-state index in [0.717, 1.165) is 22.8 Å². The predicted octanol–water partition coefficient (Wildman–Crippen LogP) is 2.12. The molecule has 0 fully saturated rings. The summed E-state index contributed by atoms with van der Waals surface area (Å²) in [5, 5.41) is 7.44. The van der Waals surface area contributed by atoms with Crippen molar-refractivity contribution >= 4 is 11.8 Å². The van der Waals surface area contributed by atoms with Crippen molar-refractivity contribution in [1.29, 1.82) is 0 Å². The largest absolute Gasteiger partial charge is 0.368 e. The number of nitrogens with zero attached hydrogens (tertiary/aromatic N) is 5. The molecule has 0 saturated heterocycles. The SMILES string of the molecule is Cc1cc(N[C@@H](C)c2ccc(-n3cncn3)cc2)nc(N)n1. The molecule has 0 aliphatic rings. The molecular weight excluding hydrogens is 278 g/mol. The maximum Gasteiger partial charge on any atom is 0.222 e. The lowest BCUT2D eigenvalue weighted by Gasteiger charge is -2.16. The van der Waals surface area contributed by atoms with Gasteiger partial charge in [-0.25, -0.2) is 14.6 Å². The van der Waals surface area contributed by atoms with Crippen LogP contribution in [-0.4, -0.2) is 24.7 Å². The fourth-order valence-electron chi connectivity index (χ4n) is 2.23. The Morgan fingerprint density at radius 3 is 2.59 bits per heavy atom. The van der Waals surface area contributed by atoms with Crippen molar-refractivity contribution in [3.8, 4) is 5.69 Å². The zero-order valence-electron chi connectivity index (χ0n) is 12.4. The summed E-state index contributed by atoms with van der Waals surface area (Å²) >= 11 is 0. The van der Waals surface area contributed by atoms with Crippen molar-refractivity contribution in [3.63, 3.8) is 0 Å². The summed E-state index contributed by atoms with van der Waals surface area (Å²) in [5.74, 6) is 0.995. The summed E-state index contributed by atoms with van der Waals surface area (Å²) in [6.45, 7) is 3.96. The normalized spacial score (nSPS) is 12.1. The van der Waals surface area contributed by atoms with E-state index in [1.807, 2.05) is 37.3 Å². The summed E-state index contributed by atoms with van der Waals surface area (Å²) in [4.78, 5) is 12.2. The molecular formula is C15H17N7. The van der Waals surface area contributed by atoms with Crippen molar-refractivity contribution in [3.05, 3.63) is 54.2 Å². The van der Waals surface area contributed by atoms with E-state index in [1.165, 1.54) is 6.33 Å². The Morgan fingerprint density at radius 1 is 1.18 bits per heavy atom. The minimum Gasteiger partial charge on any atom is -0.368 e. The molecule has 3 aromatic rings. The van der Waals surface area contributed by atoms with Crippen LogP contribution < -0.4 is 11.1 Å². The van der Waals surface area contributed by atoms with Gasteiger partial charge in [0.1, 0.15) is 18.5 Å². The average molecular weight is 295 g/mol. The molecule has 3 N–H and O–H groups in total. The van der Waals surface area contributed by atoms with Crippen LogP contribution in [0.4, 0.5) is 11.8 Å². The maximum absolute atomic E-state index is 5.67. The number of hydrogen-bond donors (Lipinski definition) is 2. The standard InChI is InChI=1S/C15H17N7/c1-10-7-14(21-15(16)19-10)20-11(2)12-3-5-13(6-4-12)22-9-17-8-18-22/h3-9,11H,1-2H3,(H3,16,19,20,21)/t11-/m0/s1. The number of aromatic nitrogens is 5. The molecule has 0 saturated carbocycles. The van der Waals surface area contributed by atoms with Gasteiger partial charge in [-0.1, -0.05) is 12.1 Å². The quantitative estimate of drug-likeness (QED) is 0.765. The van der Waals surface area contributed by atoms with E-state index < -0.39 is 0 Å². The Bertz CT molecular complexity index is 730. The first-order valence-electron chi connectivity index (χ1n) is 6.94. The fourth-order valence-corrected chi connectivity index (χ4v) is 2.23. The molecule has 0 amide bonds. The van der Waals surface area contributed by atoms with E-state index in [2.05, 4.69) is 32.3 Å². The van der Waals surface area contributed by atoms with Gasteiger partial charge in [0, 0.05) is 17.8 Å². The lowest BCUT2D eigenvalue weighted by atomic mass is 10.1. The van der Waals surface area contributed by atoms with E-state index in [0.29, 0.717) is 0 Å².